The topological polar surface area (TPSA) is 122 Å². The van der Waals surface area contributed by atoms with Gasteiger partial charge in [-0.05, 0) is 36.6 Å². The molecule has 0 unspecified atom stereocenters. The first kappa shape index (κ1) is 24.8. The van der Waals surface area contributed by atoms with Gasteiger partial charge in [-0.1, -0.05) is 24.3 Å². The van der Waals surface area contributed by atoms with Crippen LogP contribution in [0.15, 0.2) is 42.5 Å². The van der Waals surface area contributed by atoms with E-state index in [0.717, 1.165) is 16.4 Å². The molecule has 8 nitrogen and oxygen atoms in total. The lowest BCUT2D eigenvalue weighted by Crippen LogP contribution is -2.51. The van der Waals surface area contributed by atoms with Gasteiger partial charge in [0.15, 0.2) is 0 Å². The Bertz CT molecular complexity index is 1130. The number of hydrogen-bond acceptors (Lipinski definition) is 5. The SMILES string of the molecule is COc1cccc(O)c1C(=O)NCC1(c2cccc(C(F)(F)F)c2)CCN(S(N)(=O)=O)CC1. The first-order valence-corrected chi connectivity index (χ1v) is 11.5. The van der Waals surface area contributed by atoms with E-state index in [2.05, 4.69) is 5.32 Å². The number of aromatic hydroxyl groups is 1. The van der Waals surface area contributed by atoms with E-state index in [0.29, 0.717) is 5.56 Å². The van der Waals surface area contributed by atoms with E-state index in [1.165, 1.54) is 37.4 Å². The number of nitrogens with zero attached hydrogens (tertiary/aromatic N) is 1. The van der Waals surface area contributed by atoms with Crippen molar-refractivity contribution in [2.24, 2.45) is 5.14 Å². The van der Waals surface area contributed by atoms with Gasteiger partial charge in [0, 0.05) is 25.0 Å². The van der Waals surface area contributed by atoms with Crippen molar-refractivity contribution in [2.45, 2.75) is 24.4 Å². The monoisotopic (exact) mass is 487 g/mol. The molecule has 1 heterocycles. The van der Waals surface area contributed by atoms with Gasteiger partial charge in [-0.15, -0.1) is 0 Å². The van der Waals surface area contributed by atoms with E-state index >= 15 is 0 Å². The summed E-state index contributed by atoms with van der Waals surface area (Å²) in [6.07, 6.45) is -4.31. The van der Waals surface area contributed by atoms with Gasteiger partial charge in [0.25, 0.3) is 16.1 Å². The number of hydrogen-bond donors (Lipinski definition) is 3. The lowest BCUT2D eigenvalue weighted by Gasteiger charge is -2.41. The maximum Gasteiger partial charge on any atom is 0.416 e. The summed E-state index contributed by atoms with van der Waals surface area (Å²) in [5.41, 5.74) is -1.63. The number of phenols is 1. The van der Waals surface area contributed by atoms with Crippen molar-refractivity contribution in [1.29, 1.82) is 0 Å². The van der Waals surface area contributed by atoms with Crippen LogP contribution in [0.25, 0.3) is 0 Å². The molecule has 33 heavy (non-hydrogen) atoms. The van der Waals surface area contributed by atoms with Gasteiger partial charge >= 0.3 is 6.18 Å². The van der Waals surface area contributed by atoms with Crippen molar-refractivity contribution in [3.63, 3.8) is 0 Å². The Morgan fingerprint density at radius 2 is 1.85 bits per heavy atom. The zero-order chi connectivity index (χ0) is 24.4. The standard InChI is InChI=1S/C21H24F3N3O5S/c1-32-17-7-3-6-16(28)18(17)19(29)26-13-20(8-10-27(11-9-20)33(25,30)31)14-4-2-5-15(12-14)21(22,23)24/h2-7,12,28H,8-11,13H2,1H3,(H,26,29)(H2,25,30,31). The molecule has 4 N–H and O–H groups in total. The van der Waals surface area contributed by atoms with Crippen LogP contribution in [-0.2, 0) is 21.8 Å². The Balaban J connectivity index is 1.94. The number of alkyl halides is 3. The van der Waals surface area contributed by atoms with Crippen molar-refractivity contribution in [3.8, 4) is 11.5 Å². The highest BCUT2D eigenvalue weighted by molar-refractivity contribution is 7.86. The van der Waals surface area contributed by atoms with Crippen LogP contribution in [0.5, 0.6) is 11.5 Å². The molecular weight excluding hydrogens is 463 g/mol. The molecule has 2 aromatic carbocycles. The summed E-state index contributed by atoms with van der Waals surface area (Å²) in [5.74, 6) is -0.862. The molecule has 12 heteroatoms. The number of piperidine rings is 1. The van der Waals surface area contributed by atoms with Crippen LogP contribution >= 0.6 is 0 Å². The quantitative estimate of drug-likeness (QED) is 0.578. The largest absolute Gasteiger partial charge is 0.507 e. The molecule has 0 aromatic heterocycles. The van der Waals surface area contributed by atoms with Crippen molar-refractivity contribution in [3.05, 3.63) is 59.2 Å². The fourth-order valence-electron chi connectivity index (χ4n) is 4.02. The highest BCUT2D eigenvalue weighted by Crippen LogP contribution is 2.39. The Morgan fingerprint density at radius 3 is 2.42 bits per heavy atom. The molecule has 1 fully saturated rings. The minimum absolute atomic E-state index is 0.0230. The average Bonchev–Trinajstić information content (AvgIpc) is 2.76. The molecule has 180 valence electrons. The van der Waals surface area contributed by atoms with Gasteiger partial charge in [-0.3, -0.25) is 4.79 Å². The lowest BCUT2D eigenvalue weighted by atomic mass is 9.72. The molecule has 0 aliphatic carbocycles. The molecule has 1 aliphatic heterocycles. The number of nitrogens with two attached hydrogens (primary N) is 1. The van der Waals surface area contributed by atoms with Gasteiger partial charge < -0.3 is 15.2 Å². The first-order chi connectivity index (χ1) is 15.4. The molecule has 3 rings (SSSR count). The van der Waals surface area contributed by atoms with Crippen LogP contribution in [0.3, 0.4) is 0 Å². The highest BCUT2D eigenvalue weighted by Gasteiger charge is 2.41. The van der Waals surface area contributed by atoms with Crippen LogP contribution in [0.1, 0.15) is 34.3 Å². The van der Waals surface area contributed by atoms with Gasteiger partial charge in [-0.2, -0.15) is 25.9 Å². The Kier molecular flexibility index (Phi) is 6.91. The maximum absolute atomic E-state index is 13.3. The number of halogens is 3. The van der Waals surface area contributed by atoms with E-state index in [9.17, 15) is 31.5 Å². The minimum Gasteiger partial charge on any atom is -0.507 e. The Morgan fingerprint density at radius 1 is 1.21 bits per heavy atom. The fourth-order valence-corrected chi connectivity index (χ4v) is 4.71. The fraction of sp³-hybridized carbons (Fsp3) is 0.381. The van der Waals surface area contributed by atoms with E-state index in [1.807, 2.05) is 0 Å². The zero-order valence-electron chi connectivity index (χ0n) is 17.7. The first-order valence-electron chi connectivity index (χ1n) is 9.97. The third-order valence-electron chi connectivity index (χ3n) is 5.88. The maximum atomic E-state index is 13.3. The lowest BCUT2D eigenvalue weighted by molar-refractivity contribution is -0.137. The molecule has 1 saturated heterocycles. The summed E-state index contributed by atoms with van der Waals surface area (Å²) in [6.45, 7) is -0.140. The van der Waals surface area contributed by atoms with E-state index in [4.69, 9.17) is 9.88 Å². The number of phenolic OH excluding ortho intramolecular Hbond substituents is 1. The normalized spacial score (nSPS) is 16.9. The number of nitrogens with one attached hydrogen (secondary N) is 1. The van der Waals surface area contributed by atoms with Crippen molar-refractivity contribution >= 4 is 16.1 Å². The second-order valence-electron chi connectivity index (χ2n) is 7.84. The smallest absolute Gasteiger partial charge is 0.416 e. The molecule has 0 bridgehead atoms. The number of rotatable bonds is 6. The average molecular weight is 488 g/mol. The van der Waals surface area contributed by atoms with Crippen molar-refractivity contribution < 1.29 is 36.2 Å². The summed E-state index contributed by atoms with van der Waals surface area (Å²) in [7, 11) is -2.63. The predicted octanol–water partition coefficient (Wildman–Crippen LogP) is 2.39. The van der Waals surface area contributed by atoms with Gasteiger partial charge in [-0.25, -0.2) is 5.14 Å². The number of benzene rings is 2. The summed E-state index contributed by atoms with van der Waals surface area (Å²) in [4.78, 5) is 12.9. The summed E-state index contributed by atoms with van der Waals surface area (Å²) in [6, 6.07) is 9.06. The number of ether oxygens (including phenoxy) is 1. The van der Waals surface area contributed by atoms with Crippen LogP contribution in [0, 0.1) is 0 Å². The minimum atomic E-state index is -4.56. The second kappa shape index (κ2) is 9.20. The number of methoxy groups -OCH3 is 1. The molecule has 1 aliphatic rings. The molecule has 1 amide bonds. The predicted molar refractivity (Wildman–Crippen MR) is 114 cm³/mol. The van der Waals surface area contributed by atoms with Gasteiger partial charge in [0.05, 0.1) is 12.7 Å². The number of carbonyl (C=O) groups is 1. The van der Waals surface area contributed by atoms with Crippen LogP contribution in [0.2, 0.25) is 0 Å². The second-order valence-corrected chi connectivity index (χ2v) is 9.39. The molecular formula is C21H24F3N3O5S. The van der Waals surface area contributed by atoms with E-state index < -0.39 is 33.3 Å². The highest BCUT2D eigenvalue weighted by atomic mass is 32.2. The van der Waals surface area contributed by atoms with Crippen LogP contribution < -0.4 is 15.2 Å². The Hall–Kier alpha value is -2.83. The van der Waals surface area contributed by atoms with E-state index in [-0.39, 0.29) is 49.5 Å². The summed E-state index contributed by atoms with van der Waals surface area (Å²) >= 11 is 0. The Labute approximate surface area is 189 Å². The van der Waals surface area contributed by atoms with Crippen LogP contribution in [0.4, 0.5) is 13.2 Å². The summed E-state index contributed by atoms with van der Waals surface area (Å²) in [5, 5.41) is 18.0. The summed E-state index contributed by atoms with van der Waals surface area (Å²) < 4.78 is 69.6. The third kappa shape index (κ3) is 5.40. The van der Waals surface area contributed by atoms with Crippen molar-refractivity contribution in [2.75, 3.05) is 26.7 Å². The molecule has 0 saturated carbocycles. The molecule has 0 radical (unpaired) electrons. The molecule has 2 aromatic rings. The number of carbonyl (C=O) groups excluding carboxylic acids is 1. The van der Waals surface area contributed by atoms with E-state index in [1.54, 1.807) is 0 Å². The number of amides is 1. The third-order valence-corrected chi connectivity index (χ3v) is 6.97. The van der Waals surface area contributed by atoms with Crippen LogP contribution in [-0.4, -0.2) is 50.5 Å². The van der Waals surface area contributed by atoms with Gasteiger partial charge in [0.2, 0.25) is 0 Å². The molecule has 0 spiro atoms. The zero-order valence-corrected chi connectivity index (χ0v) is 18.5. The molecule has 0 atom stereocenters. The van der Waals surface area contributed by atoms with Gasteiger partial charge in [0.1, 0.15) is 17.1 Å². The van der Waals surface area contributed by atoms with Crippen molar-refractivity contribution in [1.82, 2.24) is 9.62 Å².